The van der Waals surface area contributed by atoms with Gasteiger partial charge in [-0.1, -0.05) is 0 Å². The quantitative estimate of drug-likeness (QED) is 0.794. The van der Waals surface area contributed by atoms with Crippen LogP contribution < -0.4 is 4.90 Å². The van der Waals surface area contributed by atoms with Gasteiger partial charge in [-0.05, 0) is 32.0 Å². The average Bonchev–Trinajstić information content (AvgIpc) is 2.36. The van der Waals surface area contributed by atoms with Crippen molar-refractivity contribution in [3.8, 4) is 6.07 Å². The Morgan fingerprint density at radius 2 is 2.05 bits per heavy atom. The van der Waals surface area contributed by atoms with Crippen LogP contribution in [-0.4, -0.2) is 25.3 Å². The molecule has 0 saturated carbocycles. The van der Waals surface area contributed by atoms with Gasteiger partial charge in [-0.15, -0.1) is 0 Å². The van der Waals surface area contributed by atoms with Crippen molar-refractivity contribution in [3.63, 3.8) is 0 Å². The summed E-state index contributed by atoms with van der Waals surface area (Å²) in [5.74, 6) is 0. The maximum Gasteiger partial charge on any atom is 0.417 e. The summed E-state index contributed by atoms with van der Waals surface area (Å²) >= 11 is 0. The maximum absolute atomic E-state index is 13.0. The molecule has 0 radical (unpaired) electrons. The normalized spacial score (nSPS) is 18.7. The van der Waals surface area contributed by atoms with E-state index in [1.165, 1.54) is 6.07 Å². The smallest absolute Gasteiger partial charge is 0.377 e. The van der Waals surface area contributed by atoms with Crippen LogP contribution in [0.4, 0.5) is 18.9 Å². The van der Waals surface area contributed by atoms with Crippen molar-refractivity contribution in [2.75, 3.05) is 24.7 Å². The zero-order valence-electron chi connectivity index (χ0n) is 11.3. The number of morpholine rings is 1. The highest BCUT2D eigenvalue weighted by Gasteiger charge is 2.36. The molecule has 1 aliphatic rings. The zero-order chi connectivity index (χ0) is 15.0. The van der Waals surface area contributed by atoms with Crippen molar-refractivity contribution in [2.45, 2.75) is 25.6 Å². The van der Waals surface area contributed by atoms with Crippen LogP contribution in [0.25, 0.3) is 0 Å². The number of rotatable bonds is 1. The lowest BCUT2D eigenvalue weighted by Gasteiger charge is -2.44. The molecule has 1 aromatic rings. The summed E-state index contributed by atoms with van der Waals surface area (Å²) < 4.78 is 44.3. The van der Waals surface area contributed by atoms with Gasteiger partial charge >= 0.3 is 6.18 Å². The highest BCUT2D eigenvalue weighted by molar-refractivity contribution is 5.56. The molecule has 0 spiro atoms. The Balaban J connectivity index is 2.46. The lowest BCUT2D eigenvalue weighted by Crippen LogP contribution is -2.53. The molecule has 0 aliphatic carbocycles. The van der Waals surface area contributed by atoms with Crippen LogP contribution in [0.1, 0.15) is 25.0 Å². The molecule has 20 heavy (non-hydrogen) atoms. The van der Waals surface area contributed by atoms with Gasteiger partial charge in [0, 0.05) is 12.2 Å². The summed E-state index contributed by atoms with van der Waals surface area (Å²) in [4.78, 5) is 1.88. The Bertz CT molecular complexity index is 546. The van der Waals surface area contributed by atoms with Crippen LogP contribution >= 0.6 is 0 Å². The average molecular weight is 284 g/mol. The van der Waals surface area contributed by atoms with E-state index in [9.17, 15) is 13.2 Å². The second kappa shape index (κ2) is 4.98. The van der Waals surface area contributed by atoms with Crippen LogP contribution in [-0.2, 0) is 10.9 Å². The number of hydrogen-bond donors (Lipinski definition) is 0. The fourth-order valence-electron chi connectivity index (χ4n) is 2.37. The molecule has 1 aromatic carbocycles. The number of halogens is 3. The number of nitriles is 1. The second-order valence-electron chi connectivity index (χ2n) is 5.36. The lowest BCUT2D eigenvalue weighted by atomic mass is 9.99. The third-order valence-electron chi connectivity index (χ3n) is 3.39. The van der Waals surface area contributed by atoms with Gasteiger partial charge < -0.3 is 9.64 Å². The Labute approximate surface area is 115 Å². The number of hydrogen-bond acceptors (Lipinski definition) is 3. The van der Waals surface area contributed by atoms with Crippen LogP contribution in [0.15, 0.2) is 18.2 Å². The first-order valence-electron chi connectivity index (χ1n) is 6.22. The Hall–Kier alpha value is -1.74. The van der Waals surface area contributed by atoms with E-state index in [0.717, 1.165) is 6.07 Å². The van der Waals surface area contributed by atoms with Gasteiger partial charge in [0.25, 0.3) is 0 Å². The summed E-state index contributed by atoms with van der Waals surface area (Å²) in [6.45, 7) is 5.28. The summed E-state index contributed by atoms with van der Waals surface area (Å²) in [5.41, 5.74) is -1.16. The molecule has 0 atom stereocenters. The lowest BCUT2D eigenvalue weighted by molar-refractivity contribution is -0.137. The molecule has 6 heteroatoms. The SMILES string of the molecule is CC1(C)COCCN1c1ccc(C#N)c(C(F)(F)F)c1. The molecule has 108 valence electrons. The fourth-order valence-corrected chi connectivity index (χ4v) is 2.37. The molecule has 1 heterocycles. The molecule has 1 saturated heterocycles. The van der Waals surface area contributed by atoms with E-state index in [4.69, 9.17) is 10.00 Å². The number of anilines is 1. The minimum Gasteiger partial charge on any atom is -0.377 e. The van der Waals surface area contributed by atoms with Gasteiger partial charge in [0.1, 0.15) is 0 Å². The summed E-state index contributed by atoms with van der Waals surface area (Å²) in [5, 5.41) is 8.80. The first-order valence-corrected chi connectivity index (χ1v) is 6.22. The second-order valence-corrected chi connectivity index (χ2v) is 5.36. The van der Waals surface area contributed by atoms with Crippen LogP contribution in [0.5, 0.6) is 0 Å². The monoisotopic (exact) mass is 284 g/mol. The topological polar surface area (TPSA) is 36.3 Å². The van der Waals surface area contributed by atoms with Crippen LogP contribution in [0.2, 0.25) is 0 Å². The summed E-state index contributed by atoms with van der Waals surface area (Å²) in [6, 6.07) is 5.42. The van der Waals surface area contributed by atoms with Gasteiger partial charge in [0.05, 0.1) is 35.9 Å². The van der Waals surface area contributed by atoms with Gasteiger partial charge in [0.15, 0.2) is 0 Å². The van der Waals surface area contributed by atoms with Gasteiger partial charge in [-0.2, -0.15) is 18.4 Å². The number of benzene rings is 1. The van der Waals surface area contributed by atoms with E-state index in [2.05, 4.69) is 0 Å². The molecular formula is C14H15F3N2O. The van der Waals surface area contributed by atoms with E-state index >= 15 is 0 Å². The predicted molar refractivity (Wildman–Crippen MR) is 68.4 cm³/mol. The van der Waals surface area contributed by atoms with E-state index in [1.807, 2.05) is 18.7 Å². The van der Waals surface area contributed by atoms with Crippen molar-refractivity contribution in [1.29, 1.82) is 5.26 Å². The predicted octanol–water partition coefficient (Wildman–Crippen LogP) is 3.19. The van der Waals surface area contributed by atoms with Crippen molar-refractivity contribution in [1.82, 2.24) is 0 Å². The standard InChI is InChI=1S/C14H15F3N2O/c1-13(2)9-20-6-5-19(13)11-4-3-10(8-18)12(7-11)14(15,16)17/h3-4,7H,5-6,9H2,1-2H3. The van der Waals surface area contributed by atoms with E-state index < -0.39 is 11.7 Å². The number of nitrogens with zero attached hydrogens (tertiary/aromatic N) is 2. The zero-order valence-corrected chi connectivity index (χ0v) is 11.3. The molecule has 0 unspecified atom stereocenters. The molecule has 3 nitrogen and oxygen atoms in total. The molecule has 1 aliphatic heterocycles. The molecule has 0 N–H and O–H groups in total. The van der Waals surface area contributed by atoms with E-state index in [1.54, 1.807) is 12.1 Å². The molecule has 0 bridgehead atoms. The Morgan fingerprint density at radius 1 is 1.35 bits per heavy atom. The van der Waals surface area contributed by atoms with Gasteiger partial charge in [-0.3, -0.25) is 0 Å². The largest absolute Gasteiger partial charge is 0.417 e. The highest BCUT2D eigenvalue weighted by atomic mass is 19.4. The third-order valence-corrected chi connectivity index (χ3v) is 3.39. The molecule has 1 fully saturated rings. The Kier molecular flexibility index (Phi) is 3.65. The van der Waals surface area contributed by atoms with Gasteiger partial charge in [0.2, 0.25) is 0 Å². The first-order chi connectivity index (χ1) is 9.25. The van der Waals surface area contributed by atoms with Crippen LogP contribution in [0, 0.1) is 11.3 Å². The van der Waals surface area contributed by atoms with E-state index in [0.29, 0.717) is 25.4 Å². The van der Waals surface area contributed by atoms with Gasteiger partial charge in [-0.25, -0.2) is 0 Å². The third kappa shape index (κ3) is 2.73. The van der Waals surface area contributed by atoms with Crippen LogP contribution in [0.3, 0.4) is 0 Å². The minimum atomic E-state index is -4.53. The molecule has 0 amide bonds. The summed E-state index contributed by atoms with van der Waals surface area (Å²) in [7, 11) is 0. The van der Waals surface area contributed by atoms with Crippen molar-refractivity contribution in [3.05, 3.63) is 29.3 Å². The minimum absolute atomic E-state index is 0.354. The summed E-state index contributed by atoms with van der Waals surface area (Å²) in [6.07, 6.45) is -4.53. The number of ether oxygens (including phenoxy) is 1. The van der Waals surface area contributed by atoms with E-state index in [-0.39, 0.29) is 11.1 Å². The molecular weight excluding hydrogens is 269 g/mol. The first kappa shape index (κ1) is 14.7. The molecule has 0 aromatic heterocycles. The van der Waals surface area contributed by atoms with Crippen molar-refractivity contribution < 1.29 is 17.9 Å². The maximum atomic E-state index is 13.0. The Morgan fingerprint density at radius 3 is 2.60 bits per heavy atom. The van der Waals surface area contributed by atoms with Crippen molar-refractivity contribution in [2.24, 2.45) is 0 Å². The number of alkyl halides is 3. The molecule has 2 rings (SSSR count). The van der Waals surface area contributed by atoms with Crippen molar-refractivity contribution >= 4 is 5.69 Å². The fraction of sp³-hybridized carbons (Fsp3) is 0.500. The highest BCUT2D eigenvalue weighted by Crippen LogP contribution is 2.36.